The van der Waals surface area contributed by atoms with Gasteiger partial charge >= 0.3 is 19.9 Å². The normalized spacial score (nSPS) is 22.7. The number of carbonyl (C=O) groups is 2. The van der Waals surface area contributed by atoms with Crippen LogP contribution < -0.4 is 15.6 Å². The standard InChI is InChI=1S/C37H37N6O11P/c1-37(2)52-30-28(51-34(31(30)53-37)43-19-41-29-32(38)39-18-40-33(29)43)17-50-55(47,48)54-21-13-11-20(12-14-21)15-27(35(44)45)42-36(46)49-16-26-24-9-5-3-7-22(24)23-8-4-6-10-25(23)26/h3-14,18-19,26-28,30-31,34H,15-17H2,1-2H3,(H,42,46)(H,44,45)(H,47,48)(H2,38,39,40)/t27-,28+,30+,31+,34+/m0/s1. The van der Waals surface area contributed by atoms with E-state index in [0.717, 1.165) is 22.3 Å². The topological polar surface area (TPSA) is 229 Å². The number of ether oxygens (including phenoxy) is 4. The highest BCUT2D eigenvalue weighted by atomic mass is 31.2. The smallest absolute Gasteiger partial charge is 0.480 e. The Morgan fingerprint density at radius 2 is 1.64 bits per heavy atom. The molecule has 0 saturated carbocycles. The Bertz CT molecular complexity index is 2260. The Balaban J connectivity index is 0.861. The highest BCUT2D eigenvalue weighted by molar-refractivity contribution is 7.47. The van der Waals surface area contributed by atoms with E-state index in [2.05, 4.69) is 20.3 Å². The minimum atomic E-state index is -4.70. The molecule has 2 saturated heterocycles. The summed E-state index contributed by atoms with van der Waals surface area (Å²) in [4.78, 5) is 48.1. The average molecular weight is 773 g/mol. The minimum Gasteiger partial charge on any atom is -0.480 e. The van der Waals surface area contributed by atoms with Crippen molar-refractivity contribution in [2.24, 2.45) is 0 Å². The third-order valence-corrected chi connectivity index (χ3v) is 10.6. The Labute approximate surface area is 313 Å². The number of phosphoric ester groups is 1. The number of aromatic nitrogens is 4. The summed E-state index contributed by atoms with van der Waals surface area (Å²) in [7, 11) is -4.70. The van der Waals surface area contributed by atoms with Gasteiger partial charge in [-0.1, -0.05) is 60.7 Å². The number of nitrogens with zero attached hydrogens (tertiary/aromatic N) is 4. The molecule has 1 unspecified atom stereocenters. The number of imidazole rings is 1. The molecule has 1 amide bonds. The van der Waals surface area contributed by atoms with Crippen LogP contribution in [0.5, 0.6) is 5.75 Å². The molecule has 2 aromatic heterocycles. The number of hydrogen-bond acceptors (Lipinski definition) is 13. The number of nitrogen functional groups attached to an aromatic ring is 1. The Morgan fingerprint density at radius 3 is 2.33 bits per heavy atom. The van der Waals surface area contributed by atoms with Crippen LogP contribution in [0, 0.1) is 0 Å². The van der Waals surface area contributed by atoms with E-state index >= 15 is 0 Å². The van der Waals surface area contributed by atoms with Crippen molar-refractivity contribution in [3.8, 4) is 16.9 Å². The van der Waals surface area contributed by atoms with Crippen LogP contribution in [0.1, 0.15) is 42.7 Å². The van der Waals surface area contributed by atoms with Crippen molar-refractivity contribution in [3.05, 3.63) is 102 Å². The van der Waals surface area contributed by atoms with E-state index in [0.29, 0.717) is 16.7 Å². The van der Waals surface area contributed by atoms with Crippen molar-refractivity contribution in [1.82, 2.24) is 24.8 Å². The van der Waals surface area contributed by atoms with Gasteiger partial charge in [0.05, 0.1) is 12.9 Å². The number of phosphoric acid groups is 1. The zero-order valence-electron chi connectivity index (χ0n) is 29.6. The summed E-state index contributed by atoms with van der Waals surface area (Å²) in [5.41, 5.74) is 11.5. The van der Waals surface area contributed by atoms with Gasteiger partial charge < -0.3 is 39.6 Å². The fourth-order valence-corrected chi connectivity index (χ4v) is 8.08. The van der Waals surface area contributed by atoms with Crippen LogP contribution in [0.3, 0.4) is 0 Å². The van der Waals surface area contributed by atoms with Gasteiger partial charge in [-0.15, -0.1) is 0 Å². The van der Waals surface area contributed by atoms with E-state index in [1.165, 1.54) is 36.9 Å². The van der Waals surface area contributed by atoms with E-state index in [1.54, 1.807) is 18.4 Å². The lowest BCUT2D eigenvalue weighted by Crippen LogP contribution is -2.42. The van der Waals surface area contributed by atoms with Crippen LogP contribution in [0.25, 0.3) is 22.3 Å². The molecule has 5 N–H and O–H groups in total. The molecule has 4 heterocycles. The first-order valence-corrected chi connectivity index (χ1v) is 18.9. The zero-order valence-corrected chi connectivity index (χ0v) is 30.4. The molecule has 6 atom stereocenters. The number of fused-ring (bicyclic) bond motifs is 5. The van der Waals surface area contributed by atoms with E-state index < -0.39 is 62.9 Å². The van der Waals surface area contributed by atoms with E-state index in [1.807, 2.05) is 48.5 Å². The van der Waals surface area contributed by atoms with Gasteiger partial charge in [0, 0.05) is 12.3 Å². The second-order valence-electron chi connectivity index (χ2n) is 13.8. The lowest BCUT2D eigenvalue weighted by molar-refractivity contribution is -0.199. The van der Waals surface area contributed by atoms with Crippen molar-refractivity contribution in [1.29, 1.82) is 0 Å². The number of nitrogens with two attached hydrogens (primary N) is 1. The van der Waals surface area contributed by atoms with Crippen LogP contribution in [0.2, 0.25) is 0 Å². The van der Waals surface area contributed by atoms with Gasteiger partial charge in [-0.3, -0.25) is 14.0 Å². The fourth-order valence-electron chi connectivity index (χ4n) is 7.31. The van der Waals surface area contributed by atoms with Gasteiger partial charge in [0.2, 0.25) is 0 Å². The summed E-state index contributed by atoms with van der Waals surface area (Å²) in [5, 5.41) is 12.3. The van der Waals surface area contributed by atoms with E-state index in [-0.39, 0.29) is 30.5 Å². The lowest BCUT2D eigenvalue weighted by Gasteiger charge is -2.25. The number of carboxylic acids is 1. The summed E-state index contributed by atoms with van der Waals surface area (Å²) < 4.78 is 49.3. The molecule has 0 spiro atoms. The molecule has 286 valence electrons. The van der Waals surface area contributed by atoms with Crippen LogP contribution >= 0.6 is 7.82 Å². The van der Waals surface area contributed by atoms with E-state index in [9.17, 15) is 24.2 Å². The number of aliphatic carboxylic acids is 1. The zero-order chi connectivity index (χ0) is 38.5. The number of alkyl carbamates (subject to hydrolysis) is 1. The van der Waals surface area contributed by atoms with Gasteiger partial charge in [0.15, 0.2) is 23.5 Å². The molecule has 2 fully saturated rings. The van der Waals surface area contributed by atoms with Crippen LogP contribution in [-0.2, 0) is 39.3 Å². The van der Waals surface area contributed by atoms with Crippen LogP contribution in [-0.4, -0.2) is 84.9 Å². The number of amides is 1. The van der Waals surface area contributed by atoms with Crippen molar-refractivity contribution in [3.63, 3.8) is 0 Å². The minimum absolute atomic E-state index is 0.0159. The number of rotatable bonds is 12. The van der Waals surface area contributed by atoms with Crippen LogP contribution in [0.15, 0.2) is 85.5 Å². The summed E-state index contributed by atoms with van der Waals surface area (Å²) in [6, 6.07) is 20.3. The molecule has 8 rings (SSSR count). The fraction of sp³-hybridized carbons (Fsp3) is 0.324. The Hall–Kier alpha value is -5.42. The summed E-state index contributed by atoms with van der Waals surface area (Å²) in [5.74, 6) is -2.25. The van der Waals surface area contributed by atoms with Gasteiger partial charge in [0.1, 0.15) is 48.6 Å². The first-order chi connectivity index (χ1) is 26.4. The highest BCUT2D eigenvalue weighted by Gasteiger charge is 2.56. The third kappa shape index (κ3) is 7.37. The first kappa shape index (κ1) is 36.6. The quantitative estimate of drug-likeness (QED) is 0.128. The first-order valence-electron chi connectivity index (χ1n) is 17.4. The summed E-state index contributed by atoms with van der Waals surface area (Å²) >= 11 is 0. The molecular weight excluding hydrogens is 735 g/mol. The number of benzene rings is 3. The molecule has 1 aliphatic carbocycles. The van der Waals surface area contributed by atoms with Gasteiger partial charge in [-0.2, -0.15) is 0 Å². The van der Waals surface area contributed by atoms with Crippen molar-refractivity contribution < 1.29 is 52.1 Å². The lowest BCUT2D eigenvalue weighted by atomic mass is 9.98. The van der Waals surface area contributed by atoms with Crippen LogP contribution in [0.4, 0.5) is 10.6 Å². The second-order valence-corrected chi connectivity index (χ2v) is 15.2. The number of anilines is 1. The molecular formula is C37H37N6O11P. The van der Waals surface area contributed by atoms with Crippen molar-refractivity contribution in [2.45, 2.75) is 62.6 Å². The Kier molecular flexibility index (Phi) is 9.53. The predicted molar refractivity (Wildman–Crippen MR) is 194 cm³/mol. The molecule has 18 heteroatoms. The maximum atomic E-state index is 13.0. The second kappa shape index (κ2) is 14.3. The number of carboxylic acid groups (broad SMARTS) is 1. The van der Waals surface area contributed by atoms with E-state index in [4.69, 9.17) is 33.7 Å². The molecule has 55 heavy (non-hydrogen) atoms. The predicted octanol–water partition coefficient (Wildman–Crippen LogP) is 4.56. The summed E-state index contributed by atoms with van der Waals surface area (Å²) in [6.07, 6.45) is -1.12. The van der Waals surface area contributed by atoms with Crippen molar-refractivity contribution >= 4 is 36.9 Å². The molecule has 17 nitrogen and oxygen atoms in total. The maximum absolute atomic E-state index is 13.0. The summed E-state index contributed by atoms with van der Waals surface area (Å²) in [6.45, 7) is 3.12. The van der Waals surface area contributed by atoms with Gasteiger partial charge in [0.25, 0.3) is 0 Å². The monoisotopic (exact) mass is 772 g/mol. The van der Waals surface area contributed by atoms with Crippen molar-refractivity contribution in [2.75, 3.05) is 18.9 Å². The largest absolute Gasteiger partial charge is 0.527 e. The molecule has 3 aliphatic rings. The molecule has 2 aliphatic heterocycles. The van der Waals surface area contributed by atoms with Gasteiger partial charge in [-0.25, -0.2) is 29.1 Å². The van der Waals surface area contributed by atoms with Gasteiger partial charge in [-0.05, 0) is 53.8 Å². The average Bonchev–Trinajstić information content (AvgIpc) is 3.89. The Morgan fingerprint density at radius 1 is 0.964 bits per heavy atom. The molecule has 3 aromatic carbocycles. The number of nitrogens with one attached hydrogen (secondary N) is 1. The molecule has 0 radical (unpaired) electrons. The third-order valence-electron chi connectivity index (χ3n) is 9.71. The highest BCUT2D eigenvalue weighted by Crippen LogP contribution is 2.48. The number of carbonyl (C=O) groups excluding carboxylic acids is 1. The molecule has 5 aromatic rings. The number of hydrogen-bond donors (Lipinski definition) is 4. The molecule has 0 bridgehead atoms. The maximum Gasteiger partial charge on any atom is 0.527 e. The SMILES string of the molecule is CC1(C)O[C@@H]2[C@H](O1)[C@@H](COP(=O)(O)Oc1ccc(C[C@H](NC(=O)OCC3c4ccccc4-c4ccccc43)C(=O)O)cc1)O[C@H]2n1cnc2c(N)ncnc21.